The maximum Gasteiger partial charge on any atom is 0.309 e. The van der Waals surface area contributed by atoms with Gasteiger partial charge in [-0.3, -0.25) is 4.79 Å². The fourth-order valence-electron chi connectivity index (χ4n) is 7.96. The van der Waals surface area contributed by atoms with Gasteiger partial charge in [0.2, 0.25) is 0 Å². The van der Waals surface area contributed by atoms with E-state index in [2.05, 4.69) is 6.92 Å². The third kappa shape index (κ3) is 2.03. The Morgan fingerprint density at radius 2 is 1.88 bits per heavy atom. The molecular weight excluding hydrogens is 320 g/mol. The number of rotatable bonds is 2. The van der Waals surface area contributed by atoms with Crippen molar-refractivity contribution in [2.45, 2.75) is 76.9 Å². The van der Waals surface area contributed by atoms with Gasteiger partial charge in [-0.05, 0) is 75.0 Å². The van der Waals surface area contributed by atoms with Gasteiger partial charge in [-0.1, -0.05) is 13.3 Å². The van der Waals surface area contributed by atoms with Crippen molar-refractivity contribution in [3.05, 3.63) is 0 Å². The van der Waals surface area contributed by atoms with E-state index >= 15 is 0 Å². The molecule has 4 rings (SSSR count). The third-order valence-electron chi connectivity index (χ3n) is 9.18. The van der Waals surface area contributed by atoms with Crippen LogP contribution in [-0.4, -0.2) is 44.7 Å². The summed E-state index contributed by atoms with van der Waals surface area (Å²) in [6, 6.07) is 0. The van der Waals surface area contributed by atoms with Gasteiger partial charge in [0.05, 0.1) is 23.7 Å². The molecule has 8 atom stereocenters. The smallest absolute Gasteiger partial charge is 0.309 e. The molecule has 5 nitrogen and oxygen atoms in total. The van der Waals surface area contributed by atoms with E-state index in [9.17, 15) is 25.2 Å². The number of hydrogen-bond donors (Lipinski definition) is 4. The molecule has 1 spiro atoms. The van der Waals surface area contributed by atoms with Gasteiger partial charge in [-0.25, -0.2) is 0 Å². The number of aliphatic hydroxyl groups is 3. The lowest BCUT2D eigenvalue weighted by Crippen LogP contribution is -2.62. The van der Waals surface area contributed by atoms with E-state index in [1.165, 1.54) is 0 Å². The molecule has 4 aliphatic rings. The first-order valence-electron chi connectivity index (χ1n) is 9.87. The number of aliphatic carboxylic acids is 1. The summed E-state index contributed by atoms with van der Waals surface area (Å²) in [5.41, 5.74) is -2.33. The summed E-state index contributed by atoms with van der Waals surface area (Å²) in [6.07, 6.45) is 5.52. The maximum absolute atomic E-state index is 12.1. The van der Waals surface area contributed by atoms with Crippen LogP contribution in [0.15, 0.2) is 0 Å². The molecule has 0 heterocycles. The van der Waals surface area contributed by atoms with Crippen LogP contribution >= 0.6 is 0 Å². The molecule has 0 radical (unpaired) electrons. The van der Waals surface area contributed by atoms with Crippen LogP contribution in [0.25, 0.3) is 0 Å². The predicted octanol–water partition coefficient (Wildman–Crippen LogP) is 2.18. The second-order valence-electron chi connectivity index (χ2n) is 10.1. The molecule has 0 aromatic rings. The van der Waals surface area contributed by atoms with Gasteiger partial charge in [0.25, 0.3) is 0 Å². The van der Waals surface area contributed by atoms with E-state index in [0.717, 1.165) is 32.1 Å². The summed E-state index contributed by atoms with van der Waals surface area (Å²) in [6.45, 7) is 3.87. The second kappa shape index (κ2) is 5.20. The summed E-state index contributed by atoms with van der Waals surface area (Å²) in [5.74, 6) is -0.489. The van der Waals surface area contributed by atoms with Gasteiger partial charge in [-0.2, -0.15) is 0 Å². The van der Waals surface area contributed by atoms with E-state index in [1.54, 1.807) is 0 Å². The Balaban J connectivity index is 1.78. The van der Waals surface area contributed by atoms with Crippen molar-refractivity contribution >= 4 is 5.97 Å². The SMILES string of the molecule is C[C@@]12CCC[C@@](C)(C(=O)O)[C@H]1C[C@H](O)[C@@]13C[C@@H](CC[C@@H]21)[C@](O)(CO)C3. The highest BCUT2D eigenvalue weighted by Crippen LogP contribution is 2.72. The molecule has 4 N–H and O–H groups in total. The van der Waals surface area contributed by atoms with Crippen LogP contribution in [0.3, 0.4) is 0 Å². The Morgan fingerprint density at radius 3 is 2.52 bits per heavy atom. The Morgan fingerprint density at radius 1 is 1.16 bits per heavy atom. The minimum atomic E-state index is -1.08. The first-order chi connectivity index (χ1) is 11.6. The van der Waals surface area contributed by atoms with Crippen LogP contribution in [-0.2, 0) is 4.79 Å². The zero-order chi connectivity index (χ0) is 18.3. The van der Waals surface area contributed by atoms with Gasteiger partial charge in [0.15, 0.2) is 0 Å². The largest absolute Gasteiger partial charge is 0.481 e. The Labute approximate surface area is 149 Å². The van der Waals surface area contributed by atoms with Crippen molar-refractivity contribution in [1.82, 2.24) is 0 Å². The molecule has 0 aromatic carbocycles. The molecule has 4 fully saturated rings. The maximum atomic E-state index is 12.1. The van der Waals surface area contributed by atoms with E-state index in [1.807, 2.05) is 6.92 Å². The summed E-state index contributed by atoms with van der Waals surface area (Å²) in [7, 11) is 0. The Kier molecular flexibility index (Phi) is 3.69. The van der Waals surface area contributed by atoms with Crippen LogP contribution in [0, 0.1) is 34.0 Å². The molecule has 2 bridgehead atoms. The average molecular weight is 352 g/mol. The topological polar surface area (TPSA) is 98.0 Å². The van der Waals surface area contributed by atoms with Crippen LogP contribution in [0.4, 0.5) is 0 Å². The second-order valence-corrected chi connectivity index (χ2v) is 10.1. The fraction of sp³-hybridized carbons (Fsp3) is 0.950. The number of carbonyl (C=O) groups is 1. The van der Waals surface area contributed by atoms with Crippen molar-refractivity contribution in [2.75, 3.05) is 6.61 Å². The lowest BCUT2D eigenvalue weighted by molar-refractivity contribution is -0.209. The van der Waals surface area contributed by atoms with Gasteiger partial charge >= 0.3 is 5.97 Å². The fourth-order valence-corrected chi connectivity index (χ4v) is 7.96. The van der Waals surface area contributed by atoms with Crippen molar-refractivity contribution < 1.29 is 25.2 Å². The molecule has 4 saturated carbocycles. The number of carboxylic acid groups (broad SMARTS) is 1. The highest BCUT2D eigenvalue weighted by Gasteiger charge is 2.71. The molecular formula is C20H32O5. The lowest BCUT2D eigenvalue weighted by Gasteiger charge is -2.64. The summed E-state index contributed by atoms with van der Waals surface area (Å²) < 4.78 is 0. The zero-order valence-corrected chi connectivity index (χ0v) is 15.4. The third-order valence-corrected chi connectivity index (χ3v) is 9.18. The molecule has 5 heteroatoms. The van der Waals surface area contributed by atoms with Crippen molar-refractivity contribution in [2.24, 2.45) is 34.0 Å². The Bertz CT molecular complexity index is 593. The van der Waals surface area contributed by atoms with Crippen molar-refractivity contribution in [3.63, 3.8) is 0 Å². The molecule has 0 aliphatic heterocycles. The highest BCUT2D eigenvalue weighted by atomic mass is 16.4. The lowest BCUT2D eigenvalue weighted by atomic mass is 9.40. The van der Waals surface area contributed by atoms with Gasteiger partial charge in [0.1, 0.15) is 0 Å². The minimum Gasteiger partial charge on any atom is -0.481 e. The molecule has 4 aliphatic carbocycles. The van der Waals surface area contributed by atoms with Gasteiger partial charge < -0.3 is 20.4 Å². The quantitative estimate of drug-likeness (QED) is 0.611. The summed E-state index contributed by atoms with van der Waals surface area (Å²) in [5, 5.41) is 41.8. The predicted molar refractivity (Wildman–Crippen MR) is 91.7 cm³/mol. The van der Waals surface area contributed by atoms with Crippen LogP contribution < -0.4 is 0 Å². The Hall–Kier alpha value is -0.650. The highest BCUT2D eigenvalue weighted by molar-refractivity contribution is 5.75. The first kappa shape index (κ1) is 17.7. The molecule has 0 amide bonds. The van der Waals surface area contributed by atoms with Crippen LogP contribution in [0.1, 0.15) is 65.2 Å². The van der Waals surface area contributed by atoms with Gasteiger partial charge in [-0.15, -0.1) is 0 Å². The van der Waals surface area contributed by atoms with E-state index in [4.69, 9.17) is 0 Å². The average Bonchev–Trinajstić information content (AvgIpc) is 2.78. The zero-order valence-electron chi connectivity index (χ0n) is 15.4. The number of carboxylic acids is 1. The van der Waals surface area contributed by atoms with E-state index in [-0.39, 0.29) is 35.2 Å². The molecule has 0 aromatic heterocycles. The van der Waals surface area contributed by atoms with Crippen LogP contribution in [0.5, 0.6) is 0 Å². The van der Waals surface area contributed by atoms with Crippen LogP contribution in [0.2, 0.25) is 0 Å². The van der Waals surface area contributed by atoms with Crippen molar-refractivity contribution in [1.29, 1.82) is 0 Å². The first-order valence-corrected chi connectivity index (χ1v) is 9.87. The number of aliphatic hydroxyl groups excluding tert-OH is 2. The summed E-state index contributed by atoms with van der Waals surface area (Å²) >= 11 is 0. The monoisotopic (exact) mass is 352 g/mol. The molecule has 142 valence electrons. The molecule has 0 unspecified atom stereocenters. The number of hydrogen-bond acceptors (Lipinski definition) is 4. The normalized spacial score (nSPS) is 57.6. The van der Waals surface area contributed by atoms with Crippen molar-refractivity contribution in [3.8, 4) is 0 Å². The minimum absolute atomic E-state index is 0.0313. The molecule has 0 saturated heterocycles. The van der Waals surface area contributed by atoms with E-state index in [0.29, 0.717) is 19.3 Å². The standard InChI is InChI=1S/C20H32O5/c1-17-6-3-7-18(2,16(23)24)14(17)8-15(22)19-9-12(4-5-13(17)19)20(25,10-19)11-21/h12-15,21-22,25H,3-11H2,1-2H3,(H,23,24)/t12-,13+,14+,15+,17+,18-,19-,20-/m1/s1. The molecule has 25 heavy (non-hydrogen) atoms. The van der Waals surface area contributed by atoms with Gasteiger partial charge in [0, 0.05) is 5.41 Å². The summed E-state index contributed by atoms with van der Waals surface area (Å²) in [4.78, 5) is 12.1. The van der Waals surface area contributed by atoms with E-state index < -0.39 is 23.1 Å². The number of fused-ring (bicyclic) bond motifs is 3.